The van der Waals surface area contributed by atoms with E-state index < -0.39 is 0 Å². The van der Waals surface area contributed by atoms with E-state index in [-0.39, 0.29) is 17.0 Å². The number of benzene rings is 1. The zero-order valence-corrected chi connectivity index (χ0v) is 18.4. The topological polar surface area (TPSA) is 71.2 Å². The van der Waals surface area contributed by atoms with E-state index in [4.69, 9.17) is 4.74 Å². The van der Waals surface area contributed by atoms with Crippen LogP contribution in [-0.4, -0.2) is 30.3 Å². The molecule has 3 aliphatic rings. The zero-order chi connectivity index (χ0) is 20.9. The Bertz CT molecular complexity index is 984. The molecule has 0 saturated heterocycles. The molecule has 1 amide bonds. The van der Waals surface area contributed by atoms with Gasteiger partial charge in [0, 0.05) is 18.2 Å². The summed E-state index contributed by atoms with van der Waals surface area (Å²) in [6.07, 6.45) is 10.8. The van der Waals surface area contributed by atoms with Crippen molar-refractivity contribution in [1.82, 2.24) is 10.3 Å². The molecule has 2 N–H and O–H groups in total. The van der Waals surface area contributed by atoms with Crippen LogP contribution >= 0.6 is 11.8 Å². The van der Waals surface area contributed by atoms with Crippen LogP contribution in [0.4, 0.5) is 0 Å². The molecule has 5 nitrogen and oxygen atoms in total. The van der Waals surface area contributed by atoms with E-state index in [9.17, 15) is 9.59 Å². The van der Waals surface area contributed by atoms with Gasteiger partial charge in [0.1, 0.15) is 11.3 Å². The molecule has 1 aliphatic heterocycles. The summed E-state index contributed by atoms with van der Waals surface area (Å²) in [4.78, 5) is 27.2. The molecule has 160 valence electrons. The van der Waals surface area contributed by atoms with Gasteiger partial charge in [-0.15, -0.1) is 11.8 Å². The lowest BCUT2D eigenvalue weighted by atomic mass is 9.79. The fourth-order valence-corrected chi connectivity index (χ4v) is 4.65. The second-order valence-corrected chi connectivity index (χ2v) is 9.32. The smallest absolute Gasteiger partial charge is 0.261 e. The molecule has 1 aromatic heterocycles. The molecule has 6 heteroatoms. The van der Waals surface area contributed by atoms with Crippen LogP contribution in [0.5, 0.6) is 5.75 Å². The number of H-pyrrole nitrogens is 1. The van der Waals surface area contributed by atoms with Crippen LogP contribution in [0.2, 0.25) is 0 Å². The summed E-state index contributed by atoms with van der Waals surface area (Å²) in [5.41, 5.74) is 1.69. The molecular weight excluding hydrogens is 396 g/mol. The number of hydrogen-bond donors (Lipinski definition) is 2. The van der Waals surface area contributed by atoms with Gasteiger partial charge in [-0.25, -0.2) is 0 Å². The molecule has 0 spiro atoms. The van der Waals surface area contributed by atoms with Crippen molar-refractivity contribution in [3.05, 3.63) is 51.2 Å². The normalized spacial score (nSPS) is 18.3. The van der Waals surface area contributed by atoms with Gasteiger partial charge < -0.3 is 15.0 Å². The minimum Gasteiger partial charge on any atom is -0.491 e. The van der Waals surface area contributed by atoms with Crippen molar-refractivity contribution in [2.24, 2.45) is 5.92 Å². The SMILES string of the molecule is C1=CSCC1.CNC(=O)c1cc2ccc(C3CCC3)c(OCC3CCC3)c2[nH]c1=O. The van der Waals surface area contributed by atoms with Crippen molar-refractivity contribution in [1.29, 1.82) is 0 Å². The van der Waals surface area contributed by atoms with Crippen molar-refractivity contribution in [3.8, 4) is 5.75 Å². The Morgan fingerprint density at radius 3 is 2.57 bits per heavy atom. The average molecular weight is 427 g/mol. The summed E-state index contributed by atoms with van der Waals surface area (Å²) >= 11 is 1.89. The van der Waals surface area contributed by atoms with Crippen LogP contribution in [0.3, 0.4) is 0 Å². The van der Waals surface area contributed by atoms with Crippen molar-refractivity contribution in [2.45, 2.75) is 50.9 Å². The fraction of sp³-hybridized carbons (Fsp3) is 0.500. The summed E-state index contributed by atoms with van der Waals surface area (Å²) in [5.74, 6) is 2.89. The van der Waals surface area contributed by atoms with Gasteiger partial charge in [-0.1, -0.05) is 31.1 Å². The Morgan fingerprint density at radius 1 is 1.23 bits per heavy atom. The standard InChI is InChI=1S/C20H24N2O3.C4H6S/c1-21-19(23)16-10-14-8-9-15(13-6-3-7-13)18(17(14)22-20(16)24)25-11-12-4-2-5-12;1-2-4-5-3-1/h8-10,12-13H,2-7,11H2,1H3,(H,21,23)(H,22,24);1,3H,2,4H2. The van der Waals surface area contributed by atoms with Crippen molar-refractivity contribution >= 4 is 28.6 Å². The Labute approximate surface area is 181 Å². The van der Waals surface area contributed by atoms with Crippen LogP contribution in [0.25, 0.3) is 10.9 Å². The molecule has 0 bridgehead atoms. The quantitative estimate of drug-likeness (QED) is 0.708. The summed E-state index contributed by atoms with van der Waals surface area (Å²) in [6.45, 7) is 0.706. The average Bonchev–Trinajstić information content (AvgIpc) is 3.26. The molecule has 2 saturated carbocycles. The van der Waals surface area contributed by atoms with E-state index >= 15 is 0 Å². The molecule has 0 radical (unpaired) electrons. The number of rotatable bonds is 5. The third kappa shape index (κ3) is 4.59. The predicted molar refractivity (Wildman–Crippen MR) is 124 cm³/mol. The maximum Gasteiger partial charge on any atom is 0.261 e. The highest BCUT2D eigenvalue weighted by Crippen LogP contribution is 2.43. The highest BCUT2D eigenvalue weighted by molar-refractivity contribution is 8.02. The highest BCUT2D eigenvalue weighted by Gasteiger charge is 2.26. The first kappa shape index (κ1) is 21.0. The number of carbonyl (C=O) groups excluding carboxylic acids is 1. The minimum atomic E-state index is -0.372. The van der Waals surface area contributed by atoms with E-state index in [1.165, 1.54) is 63.3 Å². The fourth-order valence-electron chi connectivity index (χ4n) is 3.97. The van der Waals surface area contributed by atoms with Gasteiger partial charge >= 0.3 is 0 Å². The number of pyridine rings is 1. The summed E-state index contributed by atoms with van der Waals surface area (Å²) < 4.78 is 6.22. The van der Waals surface area contributed by atoms with Crippen molar-refractivity contribution in [3.63, 3.8) is 0 Å². The monoisotopic (exact) mass is 426 g/mol. The Hall–Kier alpha value is -2.21. The molecule has 5 rings (SSSR count). The van der Waals surface area contributed by atoms with Crippen LogP contribution in [-0.2, 0) is 0 Å². The minimum absolute atomic E-state index is 0.135. The molecular formula is C24H30N2O3S. The van der Waals surface area contributed by atoms with Gasteiger partial charge in [0.25, 0.3) is 11.5 Å². The molecule has 1 aromatic carbocycles. The lowest BCUT2D eigenvalue weighted by Gasteiger charge is -2.30. The molecule has 2 aromatic rings. The molecule has 2 aliphatic carbocycles. The van der Waals surface area contributed by atoms with E-state index in [2.05, 4.69) is 27.9 Å². The van der Waals surface area contributed by atoms with Crippen molar-refractivity contribution in [2.75, 3.05) is 19.4 Å². The highest BCUT2D eigenvalue weighted by atomic mass is 32.2. The maximum absolute atomic E-state index is 12.4. The number of ether oxygens (including phenoxy) is 1. The number of hydrogen-bond acceptors (Lipinski definition) is 4. The van der Waals surface area contributed by atoms with Crippen LogP contribution < -0.4 is 15.6 Å². The van der Waals surface area contributed by atoms with E-state index in [1.54, 1.807) is 6.07 Å². The lowest BCUT2D eigenvalue weighted by Crippen LogP contribution is -2.27. The Balaban J connectivity index is 0.000000383. The van der Waals surface area contributed by atoms with Crippen molar-refractivity contribution < 1.29 is 9.53 Å². The number of nitrogens with one attached hydrogen (secondary N) is 2. The predicted octanol–water partition coefficient (Wildman–Crippen LogP) is 4.97. The Kier molecular flexibility index (Phi) is 6.82. The molecule has 0 atom stereocenters. The third-order valence-corrected chi connectivity index (χ3v) is 7.16. The first-order valence-corrected chi connectivity index (χ1v) is 12.0. The summed E-state index contributed by atoms with van der Waals surface area (Å²) in [6, 6.07) is 5.75. The lowest BCUT2D eigenvalue weighted by molar-refractivity contribution is 0.0961. The molecule has 30 heavy (non-hydrogen) atoms. The summed E-state index contributed by atoms with van der Waals surface area (Å²) in [5, 5.41) is 5.51. The molecule has 0 unspecified atom stereocenters. The van der Waals surface area contributed by atoms with Crippen LogP contribution in [0.15, 0.2) is 34.5 Å². The summed E-state index contributed by atoms with van der Waals surface area (Å²) in [7, 11) is 1.53. The van der Waals surface area contributed by atoms with Gasteiger partial charge in [0.15, 0.2) is 0 Å². The van der Waals surface area contributed by atoms with Gasteiger partial charge in [0.05, 0.1) is 12.1 Å². The zero-order valence-electron chi connectivity index (χ0n) is 17.5. The second-order valence-electron chi connectivity index (χ2n) is 8.31. The molecule has 2 fully saturated rings. The van der Waals surface area contributed by atoms with Crippen LogP contribution in [0.1, 0.15) is 66.8 Å². The number of aromatic nitrogens is 1. The van der Waals surface area contributed by atoms with E-state index in [0.29, 0.717) is 18.4 Å². The largest absolute Gasteiger partial charge is 0.491 e. The third-order valence-electron chi connectivity index (χ3n) is 6.30. The number of thioether (sulfide) groups is 1. The van der Waals surface area contributed by atoms with Gasteiger partial charge in [-0.2, -0.15) is 0 Å². The van der Waals surface area contributed by atoms with Gasteiger partial charge in [-0.05, 0) is 61.0 Å². The number of aromatic amines is 1. The van der Waals surface area contributed by atoms with E-state index in [1.807, 2.05) is 17.8 Å². The molecule has 2 heterocycles. The number of fused-ring (bicyclic) bond motifs is 1. The van der Waals surface area contributed by atoms with E-state index in [0.717, 1.165) is 16.7 Å². The number of amides is 1. The Morgan fingerprint density at radius 2 is 2.03 bits per heavy atom. The first-order chi connectivity index (χ1) is 14.7. The van der Waals surface area contributed by atoms with Gasteiger partial charge in [0.2, 0.25) is 0 Å². The number of carbonyl (C=O) groups is 1. The van der Waals surface area contributed by atoms with Gasteiger partial charge in [-0.3, -0.25) is 9.59 Å². The number of allylic oxidation sites excluding steroid dienone is 1. The second kappa shape index (κ2) is 9.73. The maximum atomic E-state index is 12.4. The van der Waals surface area contributed by atoms with Crippen LogP contribution in [0, 0.1) is 5.92 Å². The first-order valence-electron chi connectivity index (χ1n) is 11.0.